The van der Waals surface area contributed by atoms with Crippen LogP contribution in [0.5, 0.6) is 0 Å². The summed E-state index contributed by atoms with van der Waals surface area (Å²) < 4.78 is 0.688. The summed E-state index contributed by atoms with van der Waals surface area (Å²) >= 11 is 0. The predicted octanol–water partition coefficient (Wildman–Crippen LogP) is -6.17. The number of halogens is 2. The fraction of sp³-hybridized carbons (Fsp3) is 0.600. The highest BCUT2D eigenvalue weighted by atomic mass is 35.5. The van der Waals surface area contributed by atoms with E-state index in [0.29, 0.717) is 17.6 Å². The van der Waals surface area contributed by atoms with Crippen LogP contribution in [0, 0.1) is 0 Å². The molecule has 0 radical (unpaired) electrons. The van der Waals surface area contributed by atoms with E-state index >= 15 is 0 Å². The average molecular weight is 341 g/mol. The molecular formula is C15H30Cl2N2O2. The number of rotatable bonds is 7. The fourth-order valence-corrected chi connectivity index (χ4v) is 1.58. The van der Waals surface area contributed by atoms with Gasteiger partial charge in [-0.1, -0.05) is 30.3 Å². The second-order valence-electron chi connectivity index (χ2n) is 5.22. The molecule has 0 fully saturated rings. The fourth-order valence-electron chi connectivity index (χ4n) is 1.58. The van der Waals surface area contributed by atoms with Gasteiger partial charge in [0.15, 0.2) is 0 Å². The van der Waals surface area contributed by atoms with Gasteiger partial charge in [-0.25, -0.2) is 0 Å². The monoisotopic (exact) mass is 340 g/mol. The van der Waals surface area contributed by atoms with Crippen LogP contribution in [0.15, 0.2) is 30.3 Å². The molecule has 1 aromatic rings. The van der Waals surface area contributed by atoms with E-state index in [1.807, 2.05) is 14.1 Å². The van der Waals surface area contributed by atoms with Gasteiger partial charge in [0.1, 0.15) is 19.6 Å². The number of hydrogen-bond acceptors (Lipinski definition) is 2. The minimum absolute atomic E-state index is 0. The first-order chi connectivity index (χ1) is 9.05. The van der Waals surface area contributed by atoms with Gasteiger partial charge in [0.05, 0.1) is 33.9 Å². The summed E-state index contributed by atoms with van der Waals surface area (Å²) in [5.41, 5.74) is 1.41. The van der Waals surface area contributed by atoms with E-state index in [-0.39, 0.29) is 38.0 Å². The Kier molecular flexibility index (Phi) is 19.5. The van der Waals surface area contributed by atoms with Crippen molar-refractivity contribution >= 4 is 0 Å². The van der Waals surface area contributed by atoms with Gasteiger partial charge in [-0.2, -0.15) is 0 Å². The number of benzene rings is 1. The zero-order chi connectivity index (χ0) is 14.6. The highest BCUT2D eigenvalue weighted by molar-refractivity contribution is 5.12. The molecule has 0 saturated heterocycles. The van der Waals surface area contributed by atoms with E-state index in [4.69, 9.17) is 10.2 Å². The summed E-state index contributed by atoms with van der Waals surface area (Å²) in [6.45, 7) is 6.23. The molecule has 0 heterocycles. The molecule has 0 aliphatic rings. The lowest BCUT2D eigenvalue weighted by molar-refractivity contribution is -0.890. The third kappa shape index (κ3) is 15.8. The van der Waals surface area contributed by atoms with Crippen molar-refractivity contribution in [3.05, 3.63) is 35.9 Å². The van der Waals surface area contributed by atoms with Gasteiger partial charge < -0.3 is 44.8 Å². The summed E-state index contributed by atoms with van der Waals surface area (Å²) in [6.07, 6.45) is 0. The molecule has 4 N–H and O–H groups in total. The van der Waals surface area contributed by atoms with E-state index in [1.165, 1.54) is 5.56 Å². The van der Waals surface area contributed by atoms with Crippen LogP contribution < -0.4 is 30.1 Å². The Hall–Kier alpha value is -0.360. The quantitative estimate of drug-likeness (QED) is 0.433. The molecule has 126 valence electrons. The lowest BCUT2D eigenvalue weighted by atomic mass is 10.2. The summed E-state index contributed by atoms with van der Waals surface area (Å²) in [5, 5.41) is 19.3. The minimum atomic E-state index is 0. The van der Waals surface area contributed by atoms with Crippen molar-refractivity contribution < 1.29 is 44.8 Å². The standard InChI is InChI=1S/C9H13N.C6H16NO2.2ClH/c1-2-10-8-9-6-4-3-5-7-9;1-7(2,3-5-8)4-6-9;;/h3-7,10H,2,8H2,1H3;8-9H,3-6H2,1-2H3;2*1H/q;+1;;/p-1. The molecular weight excluding hydrogens is 311 g/mol. The number of aliphatic hydroxyl groups is 2. The molecule has 4 nitrogen and oxygen atoms in total. The van der Waals surface area contributed by atoms with Crippen molar-refractivity contribution in [2.45, 2.75) is 13.5 Å². The van der Waals surface area contributed by atoms with Crippen molar-refractivity contribution in [3.8, 4) is 0 Å². The smallest absolute Gasteiger partial charge is 0.102 e. The van der Waals surface area contributed by atoms with Crippen LogP contribution in [-0.4, -0.2) is 61.6 Å². The molecule has 1 aromatic carbocycles. The van der Waals surface area contributed by atoms with Crippen molar-refractivity contribution in [2.75, 3.05) is 46.9 Å². The van der Waals surface area contributed by atoms with E-state index in [9.17, 15) is 0 Å². The second-order valence-corrected chi connectivity index (χ2v) is 5.22. The molecule has 0 amide bonds. The molecule has 21 heavy (non-hydrogen) atoms. The van der Waals surface area contributed by atoms with Gasteiger partial charge >= 0.3 is 0 Å². The first-order valence-electron chi connectivity index (χ1n) is 6.95. The molecule has 0 bridgehead atoms. The molecule has 6 heteroatoms. The Morgan fingerprint density at radius 1 is 0.952 bits per heavy atom. The zero-order valence-corrected chi connectivity index (χ0v) is 14.8. The van der Waals surface area contributed by atoms with Crippen molar-refractivity contribution in [1.29, 1.82) is 0 Å². The van der Waals surface area contributed by atoms with Crippen LogP contribution in [-0.2, 0) is 6.54 Å². The van der Waals surface area contributed by atoms with Gasteiger partial charge in [0.25, 0.3) is 0 Å². The molecule has 0 saturated carbocycles. The molecule has 0 aliphatic heterocycles. The van der Waals surface area contributed by atoms with Crippen LogP contribution in [0.4, 0.5) is 0 Å². The molecule has 1 rings (SSSR count). The van der Waals surface area contributed by atoms with Gasteiger partial charge in [-0.05, 0) is 6.92 Å². The lowest BCUT2D eigenvalue weighted by Gasteiger charge is -2.27. The first-order valence-corrected chi connectivity index (χ1v) is 6.95. The predicted molar refractivity (Wildman–Crippen MR) is 78.6 cm³/mol. The van der Waals surface area contributed by atoms with Crippen LogP contribution >= 0.6 is 0 Å². The van der Waals surface area contributed by atoms with Crippen molar-refractivity contribution in [2.24, 2.45) is 0 Å². The Morgan fingerprint density at radius 2 is 1.43 bits per heavy atom. The van der Waals surface area contributed by atoms with Crippen molar-refractivity contribution in [3.63, 3.8) is 0 Å². The van der Waals surface area contributed by atoms with E-state index in [1.54, 1.807) is 0 Å². The summed E-state index contributed by atoms with van der Waals surface area (Å²) in [5.74, 6) is 0. The third-order valence-corrected chi connectivity index (χ3v) is 2.92. The van der Waals surface area contributed by atoms with Gasteiger partial charge in [0.2, 0.25) is 0 Å². The van der Waals surface area contributed by atoms with Crippen LogP contribution in [0.1, 0.15) is 12.5 Å². The maximum atomic E-state index is 8.53. The summed E-state index contributed by atoms with van der Waals surface area (Å²) in [7, 11) is 3.96. The Labute approximate surface area is 141 Å². The minimum Gasteiger partial charge on any atom is -1.00 e. The summed E-state index contributed by atoms with van der Waals surface area (Å²) in [4.78, 5) is 0. The third-order valence-electron chi connectivity index (χ3n) is 2.92. The van der Waals surface area contributed by atoms with E-state index in [2.05, 4.69) is 42.6 Å². The highest BCUT2D eigenvalue weighted by Gasteiger charge is 2.11. The van der Waals surface area contributed by atoms with E-state index < -0.39 is 0 Å². The number of hydrogen-bond donors (Lipinski definition) is 3. The number of quaternary nitrogens is 2. The molecule has 0 aromatic heterocycles. The number of likely N-dealkylation sites (N-methyl/N-ethyl adjacent to an activating group) is 1. The number of aliphatic hydroxyl groups excluding tert-OH is 2. The van der Waals surface area contributed by atoms with Crippen molar-refractivity contribution in [1.82, 2.24) is 0 Å². The van der Waals surface area contributed by atoms with Gasteiger partial charge in [0, 0.05) is 5.56 Å². The first kappa shape index (κ1) is 25.6. The Morgan fingerprint density at radius 3 is 1.81 bits per heavy atom. The lowest BCUT2D eigenvalue weighted by Crippen LogP contribution is -3.00. The number of nitrogens with two attached hydrogens (primary N) is 1. The maximum absolute atomic E-state index is 8.53. The summed E-state index contributed by atoms with van der Waals surface area (Å²) in [6, 6.07) is 10.5. The Balaban J connectivity index is -0.000000284. The maximum Gasteiger partial charge on any atom is 0.102 e. The van der Waals surface area contributed by atoms with E-state index in [0.717, 1.165) is 13.1 Å². The molecule has 0 aliphatic carbocycles. The molecule has 0 unspecified atom stereocenters. The zero-order valence-electron chi connectivity index (χ0n) is 13.3. The van der Waals surface area contributed by atoms with Crippen LogP contribution in [0.3, 0.4) is 0 Å². The largest absolute Gasteiger partial charge is 1.00 e. The van der Waals surface area contributed by atoms with Gasteiger partial charge in [-0.3, -0.25) is 0 Å². The topological polar surface area (TPSA) is 57.1 Å². The normalized spacial score (nSPS) is 9.76. The molecule has 0 spiro atoms. The Bertz CT molecular complexity index is 304. The molecule has 0 atom stereocenters. The second kappa shape index (κ2) is 16.0. The number of nitrogens with zero attached hydrogens (tertiary/aromatic N) is 1. The van der Waals surface area contributed by atoms with Crippen LogP contribution in [0.25, 0.3) is 0 Å². The van der Waals surface area contributed by atoms with Gasteiger partial charge in [-0.15, -0.1) is 0 Å². The van der Waals surface area contributed by atoms with Crippen LogP contribution in [0.2, 0.25) is 0 Å². The highest BCUT2D eigenvalue weighted by Crippen LogP contribution is 1.94. The SMILES string of the molecule is CC[NH2+]Cc1ccccc1.C[N+](C)(CCO)CCO.[Cl-].[Cl-]. The average Bonchev–Trinajstić information content (AvgIpc) is 2.38.